The van der Waals surface area contributed by atoms with Crippen molar-refractivity contribution in [2.45, 2.75) is 17.7 Å². The Morgan fingerprint density at radius 3 is 2.71 bits per heavy atom. The summed E-state index contributed by atoms with van der Waals surface area (Å²) >= 11 is 8.05. The normalized spacial score (nSPS) is 15.6. The van der Waals surface area contributed by atoms with Crippen LogP contribution in [0.25, 0.3) is 0 Å². The molecule has 0 bridgehead atoms. The smallest absolute Gasteiger partial charge is 0.247 e. The van der Waals surface area contributed by atoms with Gasteiger partial charge in [-0.05, 0) is 30.5 Å². The van der Waals surface area contributed by atoms with Gasteiger partial charge in [-0.2, -0.15) is 0 Å². The predicted molar refractivity (Wildman–Crippen MR) is 117 cm³/mol. The van der Waals surface area contributed by atoms with Gasteiger partial charge in [0.2, 0.25) is 5.91 Å². The highest BCUT2D eigenvalue weighted by atomic mass is 35.5. The first-order valence-corrected chi connectivity index (χ1v) is 10.3. The van der Waals surface area contributed by atoms with Crippen LogP contribution in [0.15, 0.2) is 98.9 Å². The Balaban J connectivity index is 1.47. The minimum Gasteiger partial charge on any atom is -0.352 e. The van der Waals surface area contributed by atoms with Gasteiger partial charge in [0.25, 0.3) is 0 Å². The van der Waals surface area contributed by atoms with Gasteiger partial charge < -0.3 is 5.32 Å². The summed E-state index contributed by atoms with van der Waals surface area (Å²) in [4.78, 5) is 19.2. The maximum atomic E-state index is 12.6. The SMILES string of the molecule is O=C(NCCc1ccccc1)C1=CC=C2Sc3ccccc3C(Cl)=NC2=CC1. The highest BCUT2D eigenvalue weighted by Crippen LogP contribution is 2.39. The number of aliphatic imine (C=N–C) groups is 1. The van der Waals surface area contributed by atoms with E-state index < -0.39 is 0 Å². The topological polar surface area (TPSA) is 41.5 Å². The Kier molecular flexibility index (Phi) is 5.79. The summed E-state index contributed by atoms with van der Waals surface area (Å²) in [6, 6.07) is 18.1. The number of nitrogens with one attached hydrogen (secondary N) is 1. The lowest BCUT2D eigenvalue weighted by Crippen LogP contribution is -2.27. The van der Waals surface area contributed by atoms with E-state index in [2.05, 4.69) is 22.4 Å². The van der Waals surface area contributed by atoms with E-state index in [1.165, 1.54) is 5.56 Å². The number of nitrogens with zero attached hydrogens (tertiary/aromatic N) is 1. The van der Waals surface area contributed by atoms with Crippen molar-refractivity contribution in [3.05, 3.63) is 100 Å². The van der Waals surface area contributed by atoms with Gasteiger partial charge in [-0.15, -0.1) is 0 Å². The van der Waals surface area contributed by atoms with Gasteiger partial charge in [-0.1, -0.05) is 84.0 Å². The van der Waals surface area contributed by atoms with Gasteiger partial charge in [0.1, 0.15) is 5.17 Å². The number of benzene rings is 2. The molecule has 2 aliphatic rings. The van der Waals surface area contributed by atoms with E-state index in [0.29, 0.717) is 18.1 Å². The average Bonchev–Trinajstić information content (AvgIpc) is 2.99. The Morgan fingerprint density at radius 1 is 1.07 bits per heavy atom. The summed E-state index contributed by atoms with van der Waals surface area (Å²) in [5.74, 6) is -0.0402. The largest absolute Gasteiger partial charge is 0.352 e. The van der Waals surface area contributed by atoms with Crippen molar-refractivity contribution in [3.8, 4) is 0 Å². The van der Waals surface area contributed by atoms with Crippen molar-refractivity contribution in [1.29, 1.82) is 0 Å². The lowest BCUT2D eigenvalue weighted by molar-refractivity contribution is -0.117. The Morgan fingerprint density at radius 2 is 1.86 bits per heavy atom. The van der Waals surface area contributed by atoms with E-state index in [1.807, 2.05) is 60.7 Å². The molecule has 2 aromatic rings. The van der Waals surface area contributed by atoms with Crippen LogP contribution < -0.4 is 5.32 Å². The summed E-state index contributed by atoms with van der Waals surface area (Å²) in [6.07, 6.45) is 7.17. The summed E-state index contributed by atoms with van der Waals surface area (Å²) in [5, 5.41) is 3.49. The van der Waals surface area contributed by atoms with Crippen molar-refractivity contribution >= 4 is 34.4 Å². The number of halogens is 1. The molecule has 1 heterocycles. The van der Waals surface area contributed by atoms with Gasteiger partial charge >= 0.3 is 0 Å². The van der Waals surface area contributed by atoms with Crippen molar-refractivity contribution in [2.24, 2.45) is 4.99 Å². The Bertz CT molecular complexity index is 1020. The van der Waals surface area contributed by atoms with Crippen molar-refractivity contribution < 1.29 is 4.79 Å². The van der Waals surface area contributed by atoms with E-state index in [-0.39, 0.29) is 5.91 Å². The van der Waals surface area contributed by atoms with Crippen LogP contribution in [-0.4, -0.2) is 17.6 Å². The number of thioether (sulfide) groups is 1. The van der Waals surface area contributed by atoms with Gasteiger partial charge in [-0.3, -0.25) is 4.79 Å². The molecule has 0 saturated carbocycles. The maximum Gasteiger partial charge on any atom is 0.247 e. The molecule has 2 aromatic carbocycles. The number of allylic oxidation sites excluding steroid dienone is 3. The van der Waals surface area contributed by atoms with Crippen LogP contribution in [0.5, 0.6) is 0 Å². The molecular weight excluding hydrogens is 388 g/mol. The summed E-state index contributed by atoms with van der Waals surface area (Å²) in [6.45, 7) is 0.611. The molecule has 0 fully saturated rings. The van der Waals surface area contributed by atoms with Gasteiger partial charge in [-0.25, -0.2) is 4.99 Å². The standard InChI is InChI=1S/C23H19ClN2OS/c24-22-18-8-4-5-9-20(18)28-21-13-11-17(10-12-19(21)26-22)23(27)25-15-14-16-6-2-1-3-7-16/h1-9,11-13H,10,14-15H2,(H,25,27). The van der Waals surface area contributed by atoms with Crippen molar-refractivity contribution in [1.82, 2.24) is 5.32 Å². The highest BCUT2D eigenvalue weighted by Gasteiger charge is 2.20. The molecule has 140 valence electrons. The van der Waals surface area contributed by atoms with Crippen LogP contribution in [0.3, 0.4) is 0 Å². The second-order valence-corrected chi connectivity index (χ2v) is 7.95. The number of carbonyl (C=O) groups excluding carboxylic acids is 1. The summed E-state index contributed by atoms with van der Waals surface area (Å²) in [7, 11) is 0. The number of hydrogen-bond acceptors (Lipinski definition) is 3. The molecule has 0 spiro atoms. The van der Waals surface area contributed by atoms with E-state index in [9.17, 15) is 4.79 Å². The third-order valence-electron chi connectivity index (χ3n) is 4.59. The number of amides is 1. The molecule has 28 heavy (non-hydrogen) atoms. The highest BCUT2D eigenvalue weighted by molar-refractivity contribution is 8.03. The van der Waals surface area contributed by atoms with Gasteiger partial charge in [0.15, 0.2) is 0 Å². The Hall–Kier alpha value is -2.56. The van der Waals surface area contributed by atoms with Gasteiger partial charge in [0, 0.05) is 27.5 Å². The lowest BCUT2D eigenvalue weighted by atomic mass is 10.1. The van der Waals surface area contributed by atoms with Crippen molar-refractivity contribution in [3.63, 3.8) is 0 Å². The molecule has 1 aliphatic carbocycles. The van der Waals surface area contributed by atoms with E-state index in [0.717, 1.165) is 33.1 Å². The zero-order chi connectivity index (χ0) is 19.3. The van der Waals surface area contributed by atoms with E-state index in [4.69, 9.17) is 11.6 Å². The van der Waals surface area contributed by atoms with E-state index in [1.54, 1.807) is 11.8 Å². The fourth-order valence-electron chi connectivity index (χ4n) is 3.08. The second-order valence-electron chi connectivity index (χ2n) is 6.51. The predicted octanol–water partition coefficient (Wildman–Crippen LogP) is 5.23. The van der Waals surface area contributed by atoms with Crippen LogP contribution in [0, 0.1) is 0 Å². The van der Waals surface area contributed by atoms with Crippen molar-refractivity contribution in [2.75, 3.05) is 6.54 Å². The molecule has 0 radical (unpaired) electrons. The fraction of sp³-hybridized carbons (Fsp3) is 0.130. The molecule has 4 rings (SSSR count). The first kappa shape index (κ1) is 18.8. The van der Waals surface area contributed by atoms with Crippen LogP contribution >= 0.6 is 23.4 Å². The number of hydrogen-bond donors (Lipinski definition) is 1. The molecular formula is C23H19ClN2OS. The fourth-order valence-corrected chi connectivity index (χ4v) is 4.42. The third-order valence-corrected chi connectivity index (χ3v) is 6.01. The van der Waals surface area contributed by atoms with Crippen LogP contribution in [0.4, 0.5) is 0 Å². The zero-order valence-corrected chi connectivity index (χ0v) is 16.8. The lowest BCUT2D eigenvalue weighted by Gasteiger charge is -2.07. The molecule has 1 N–H and O–H groups in total. The second kappa shape index (κ2) is 8.63. The monoisotopic (exact) mass is 406 g/mol. The summed E-state index contributed by atoms with van der Waals surface area (Å²) in [5.41, 5.74) is 3.69. The molecule has 0 atom stereocenters. The summed E-state index contributed by atoms with van der Waals surface area (Å²) < 4.78 is 0. The van der Waals surface area contributed by atoms with Crippen LogP contribution in [0.2, 0.25) is 0 Å². The molecule has 0 unspecified atom stereocenters. The molecule has 0 aromatic heterocycles. The molecule has 0 saturated heterocycles. The van der Waals surface area contributed by atoms with Crippen LogP contribution in [0.1, 0.15) is 17.5 Å². The molecule has 1 amide bonds. The minimum atomic E-state index is -0.0402. The first-order chi connectivity index (χ1) is 13.7. The third kappa shape index (κ3) is 4.29. The van der Waals surface area contributed by atoms with Crippen LogP contribution in [-0.2, 0) is 11.2 Å². The van der Waals surface area contributed by atoms with Gasteiger partial charge in [0.05, 0.1) is 5.70 Å². The molecule has 1 aliphatic heterocycles. The maximum absolute atomic E-state index is 12.6. The molecule has 5 heteroatoms. The average molecular weight is 407 g/mol. The zero-order valence-electron chi connectivity index (χ0n) is 15.2. The Labute approximate surface area is 173 Å². The quantitative estimate of drug-likeness (QED) is 0.754. The number of carbonyl (C=O) groups is 1. The first-order valence-electron chi connectivity index (χ1n) is 9.15. The number of fused-ring (bicyclic) bond motifs is 2. The molecule has 3 nitrogen and oxygen atoms in total. The minimum absolute atomic E-state index is 0.0402. The van der Waals surface area contributed by atoms with E-state index >= 15 is 0 Å². The number of rotatable bonds is 4.